The summed E-state index contributed by atoms with van der Waals surface area (Å²) in [4.78, 5) is 0. The van der Waals surface area contributed by atoms with Gasteiger partial charge in [-0.3, -0.25) is 0 Å². The van der Waals surface area contributed by atoms with Crippen molar-refractivity contribution >= 4 is 11.6 Å². The molecule has 5 heteroatoms. The first-order valence-corrected chi connectivity index (χ1v) is 6.02. The molecule has 1 aromatic heterocycles. The molecule has 0 saturated carbocycles. The Bertz CT molecular complexity index is 532. The van der Waals surface area contributed by atoms with Gasteiger partial charge in [-0.2, -0.15) is 0 Å². The molecule has 18 heavy (non-hydrogen) atoms. The molecule has 0 radical (unpaired) electrons. The van der Waals surface area contributed by atoms with E-state index in [4.69, 9.17) is 26.6 Å². The number of benzene rings is 1. The monoisotopic (exact) mass is 266 g/mol. The average Bonchev–Trinajstić information content (AvgIpc) is 2.68. The lowest BCUT2D eigenvalue weighted by Gasteiger charge is -2.08. The van der Waals surface area contributed by atoms with Crippen LogP contribution in [0.15, 0.2) is 22.7 Å². The first-order chi connectivity index (χ1) is 8.61. The normalized spacial score (nSPS) is 10.7. The highest BCUT2D eigenvalue weighted by atomic mass is 35.5. The average molecular weight is 267 g/mol. The Morgan fingerprint density at radius 1 is 1.39 bits per heavy atom. The molecule has 2 N–H and O–H groups in total. The van der Waals surface area contributed by atoms with E-state index in [1.807, 2.05) is 32.0 Å². The van der Waals surface area contributed by atoms with Crippen molar-refractivity contribution in [2.24, 2.45) is 5.73 Å². The van der Waals surface area contributed by atoms with Crippen molar-refractivity contribution in [3.63, 3.8) is 0 Å². The SMILES string of the molecule is Cc1noc(C)c1COc1ccc(CN)cc1Cl. The number of nitrogens with zero attached hydrogens (tertiary/aromatic N) is 1. The van der Waals surface area contributed by atoms with Gasteiger partial charge in [-0.05, 0) is 31.5 Å². The largest absolute Gasteiger partial charge is 0.487 e. The summed E-state index contributed by atoms with van der Waals surface area (Å²) in [5, 5.41) is 4.43. The molecule has 4 nitrogen and oxygen atoms in total. The van der Waals surface area contributed by atoms with Crippen molar-refractivity contribution in [2.45, 2.75) is 27.0 Å². The maximum atomic E-state index is 6.11. The lowest BCUT2D eigenvalue weighted by molar-refractivity contribution is 0.302. The lowest BCUT2D eigenvalue weighted by atomic mass is 10.2. The van der Waals surface area contributed by atoms with Crippen LogP contribution in [0.5, 0.6) is 5.75 Å². The molecule has 96 valence electrons. The van der Waals surface area contributed by atoms with Crippen molar-refractivity contribution in [1.82, 2.24) is 5.16 Å². The van der Waals surface area contributed by atoms with Gasteiger partial charge in [-0.15, -0.1) is 0 Å². The maximum absolute atomic E-state index is 6.11. The lowest BCUT2D eigenvalue weighted by Crippen LogP contribution is -2.00. The molecule has 0 spiro atoms. The van der Waals surface area contributed by atoms with Crippen molar-refractivity contribution in [1.29, 1.82) is 0 Å². The van der Waals surface area contributed by atoms with Gasteiger partial charge in [0.1, 0.15) is 18.1 Å². The third kappa shape index (κ3) is 2.66. The molecular formula is C13H15ClN2O2. The van der Waals surface area contributed by atoms with E-state index in [1.54, 1.807) is 0 Å². The third-order valence-corrected chi connectivity index (χ3v) is 3.08. The highest BCUT2D eigenvalue weighted by Crippen LogP contribution is 2.27. The van der Waals surface area contributed by atoms with E-state index in [-0.39, 0.29) is 0 Å². The van der Waals surface area contributed by atoms with Crippen LogP contribution in [0.4, 0.5) is 0 Å². The van der Waals surface area contributed by atoms with E-state index in [0.717, 1.165) is 22.6 Å². The highest BCUT2D eigenvalue weighted by Gasteiger charge is 2.10. The quantitative estimate of drug-likeness (QED) is 0.924. The summed E-state index contributed by atoms with van der Waals surface area (Å²) >= 11 is 6.11. The topological polar surface area (TPSA) is 61.3 Å². The van der Waals surface area contributed by atoms with Crippen LogP contribution in [0.25, 0.3) is 0 Å². The maximum Gasteiger partial charge on any atom is 0.140 e. The Hall–Kier alpha value is -1.52. The van der Waals surface area contributed by atoms with E-state index < -0.39 is 0 Å². The Labute approximate surface area is 111 Å². The molecule has 0 unspecified atom stereocenters. The zero-order chi connectivity index (χ0) is 13.1. The summed E-state index contributed by atoms with van der Waals surface area (Å²) in [5.41, 5.74) is 8.30. The molecule has 2 aromatic rings. The smallest absolute Gasteiger partial charge is 0.140 e. The second-order valence-corrected chi connectivity index (χ2v) is 4.47. The molecule has 1 aromatic carbocycles. The zero-order valence-corrected chi connectivity index (χ0v) is 11.1. The summed E-state index contributed by atoms with van der Waals surface area (Å²) in [5.74, 6) is 1.40. The molecule has 0 aliphatic rings. The van der Waals surface area contributed by atoms with Crippen LogP contribution in [0.2, 0.25) is 5.02 Å². The van der Waals surface area contributed by atoms with Gasteiger partial charge in [0.2, 0.25) is 0 Å². The van der Waals surface area contributed by atoms with Crippen LogP contribution in [-0.4, -0.2) is 5.16 Å². The minimum Gasteiger partial charge on any atom is -0.487 e. The van der Waals surface area contributed by atoms with Crippen LogP contribution in [0.3, 0.4) is 0 Å². The van der Waals surface area contributed by atoms with Crippen LogP contribution >= 0.6 is 11.6 Å². The summed E-state index contributed by atoms with van der Waals surface area (Å²) in [6.45, 7) is 4.60. The van der Waals surface area contributed by atoms with Gasteiger partial charge in [0.05, 0.1) is 16.3 Å². The predicted octanol–water partition coefficient (Wildman–Crippen LogP) is 2.98. The number of hydrogen-bond donors (Lipinski definition) is 1. The Morgan fingerprint density at radius 3 is 2.72 bits per heavy atom. The van der Waals surface area contributed by atoms with Gasteiger partial charge in [0, 0.05) is 6.54 Å². The summed E-state index contributed by atoms with van der Waals surface area (Å²) < 4.78 is 10.7. The summed E-state index contributed by atoms with van der Waals surface area (Å²) in [6, 6.07) is 5.53. The molecular weight excluding hydrogens is 252 g/mol. The molecule has 0 amide bonds. The van der Waals surface area contributed by atoms with Crippen molar-refractivity contribution in [3.8, 4) is 5.75 Å². The Balaban J connectivity index is 2.11. The van der Waals surface area contributed by atoms with Gasteiger partial charge in [-0.25, -0.2) is 0 Å². The predicted molar refractivity (Wildman–Crippen MR) is 69.7 cm³/mol. The second-order valence-electron chi connectivity index (χ2n) is 4.06. The minimum atomic E-state index is 0.392. The number of aryl methyl sites for hydroxylation is 2. The summed E-state index contributed by atoms with van der Waals surface area (Å²) in [6.07, 6.45) is 0. The third-order valence-electron chi connectivity index (χ3n) is 2.79. The fraction of sp³-hybridized carbons (Fsp3) is 0.308. The molecule has 0 bridgehead atoms. The molecule has 0 aliphatic carbocycles. The number of ether oxygens (including phenoxy) is 1. The fourth-order valence-corrected chi connectivity index (χ4v) is 1.90. The van der Waals surface area contributed by atoms with Gasteiger partial charge in [-0.1, -0.05) is 22.8 Å². The van der Waals surface area contributed by atoms with E-state index in [2.05, 4.69) is 5.16 Å². The van der Waals surface area contributed by atoms with Crippen molar-refractivity contribution in [3.05, 3.63) is 45.8 Å². The van der Waals surface area contributed by atoms with Crippen molar-refractivity contribution < 1.29 is 9.26 Å². The summed E-state index contributed by atoms with van der Waals surface area (Å²) in [7, 11) is 0. The van der Waals surface area contributed by atoms with Gasteiger partial charge >= 0.3 is 0 Å². The fourth-order valence-electron chi connectivity index (χ4n) is 1.65. The van der Waals surface area contributed by atoms with Crippen molar-refractivity contribution in [2.75, 3.05) is 0 Å². The van der Waals surface area contributed by atoms with Gasteiger partial charge < -0.3 is 15.0 Å². The number of halogens is 1. The number of nitrogens with two attached hydrogens (primary N) is 1. The first kappa shape index (κ1) is 12.9. The molecule has 2 rings (SSSR count). The van der Waals surface area contributed by atoms with Gasteiger partial charge in [0.15, 0.2) is 0 Å². The standard InChI is InChI=1S/C13H15ClN2O2/c1-8-11(9(2)18-16-8)7-17-13-4-3-10(6-15)5-12(13)14/h3-5H,6-7,15H2,1-2H3. The zero-order valence-electron chi connectivity index (χ0n) is 10.4. The highest BCUT2D eigenvalue weighted by molar-refractivity contribution is 6.32. The van der Waals surface area contributed by atoms with E-state index in [9.17, 15) is 0 Å². The Kier molecular flexibility index (Phi) is 3.89. The minimum absolute atomic E-state index is 0.392. The van der Waals surface area contributed by atoms with Gasteiger partial charge in [0.25, 0.3) is 0 Å². The van der Waals surface area contributed by atoms with Crippen LogP contribution in [0.1, 0.15) is 22.6 Å². The van der Waals surface area contributed by atoms with E-state index >= 15 is 0 Å². The van der Waals surface area contributed by atoms with Crippen LogP contribution in [0, 0.1) is 13.8 Å². The van der Waals surface area contributed by atoms with Crippen LogP contribution < -0.4 is 10.5 Å². The number of hydrogen-bond acceptors (Lipinski definition) is 4. The molecule has 0 fully saturated rings. The molecule has 1 heterocycles. The van der Waals surface area contributed by atoms with E-state index in [0.29, 0.717) is 23.9 Å². The molecule has 0 atom stereocenters. The number of aromatic nitrogens is 1. The Morgan fingerprint density at radius 2 is 2.17 bits per heavy atom. The van der Waals surface area contributed by atoms with E-state index in [1.165, 1.54) is 0 Å². The first-order valence-electron chi connectivity index (χ1n) is 5.65. The molecule has 0 saturated heterocycles. The number of rotatable bonds is 4. The second kappa shape index (κ2) is 5.42. The van der Waals surface area contributed by atoms with Crippen LogP contribution in [-0.2, 0) is 13.2 Å². The molecule has 0 aliphatic heterocycles.